The number of fused-ring (bicyclic) bond motifs is 2. The molecule has 0 fully saturated rings. The summed E-state index contributed by atoms with van der Waals surface area (Å²) < 4.78 is 11.3. The number of amides is 1. The number of H-pyrrole nitrogens is 1. The van der Waals surface area contributed by atoms with Crippen molar-refractivity contribution in [2.75, 3.05) is 0 Å². The van der Waals surface area contributed by atoms with Crippen LogP contribution in [-0.4, -0.2) is 39.2 Å². The molecule has 35 heavy (non-hydrogen) atoms. The lowest BCUT2D eigenvalue weighted by molar-refractivity contribution is -0.142. The molecular formula is C26H26N2O7. The maximum absolute atomic E-state index is 12.8. The van der Waals surface area contributed by atoms with Crippen molar-refractivity contribution in [3.63, 3.8) is 0 Å². The molecule has 0 spiro atoms. The smallest absolute Gasteiger partial charge is 0.339 e. The van der Waals surface area contributed by atoms with Gasteiger partial charge < -0.3 is 29.7 Å². The molecule has 9 nitrogen and oxygen atoms in total. The number of carboxylic acid groups (broad SMARTS) is 1. The van der Waals surface area contributed by atoms with E-state index in [4.69, 9.17) is 9.15 Å². The Kier molecular flexibility index (Phi) is 6.26. The lowest BCUT2D eigenvalue weighted by Gasteiger charge is -2.20. The molecule has 0 saturated heterocycles. The van der Waals surface area contributed by atoms with Crippen molar-refractivity contribution in [3.8, 4) is 11.5 Å². The molecule has 0 bridgehead atoms. The van der Waals surface area contributed by atoms with E-state index in [9.17, 15) is 24.6 Å². The third kappa shape index (κ3) is 4.57. The summed E-state index contributed by atoms with van der Waals surface area (Å²) in [7, 11) is 0. The van der Waals surface area contributed by atoms with Gasteiger partial charge in [-0.05, 0) is 69.2 Å². The average Bonchev–Trinajstić information content (AvgIpc) is 3.20. The Hall–Kier alpha value is -4.27. The van der Waals surface area contributed by atoms with Crippen molar-refractivity contribution >= 4 is 33.7 Å². The Balaban J connectivity index is 1.52. The van der Waals surface area contributed by atoms with Crippen molar-refractivity contribution < 1.29 is 29.0 Å². The third-order valence-electron chi connectivity index (χ3n) is 6.29. The first-order valence-electron chi connectivity index (χ1n) is 11.1. The van der Waals surface area contributed by atoms with Gasteiger partial charge in [0.05, 0.1) is 0 Å². The Morgan fingerprint density at radius 2 is 1.83 bits per heavy atom. The minimum atomic E-state index is -1.21. The highest BCUT2D eigenvalue weighted by Crippen LogP contribution is 2.30. The Morgan fingerprint density at radius 3 is 2.54 bits per heavy atom. The van der Waals surface area contributed by atoms with E-state index in [1.54, 1.807) is 38.2 Å². The predicted octanol–water partition coefficient (Wildman–Crippen LogP) is 3.48. The second-order valence-corrected chi connectivity index (χ2v) is 8.61. The van der Waals surface area contributed by atoms with Gasteiger partial charge in [0.1, 0.15) is 23.1 Å². The monoisotopic (exact) mass is 478 g/mol. The van der Waals surface area contributed by atoms with Crippen molar-refractivity contribution in [3.05, 3.63) is 69.2 Å². The number of carbonyl (C=O) groups excluding carboxylic acids is 1. The molecule has 4 rings (SSSR count). The number of aromatic amines is 1. The lowest BCUT2D eigenvalue weighted by atomic mass is 10.0. The number of nitrogens with one attached hydrogen (secondary N) is 2. The standard InChI is InChI=1S/C26H26N2O7/c1-12-13(2)26(33)35-23-14(3)22(8-6-18(12)23)34-15(4)24(30)28-21(25(31)32)9-16-11-27-20-7-5-17(29)10-19(16)20/h5-8,10-11,15,21,27,29H,9H2,1-4H3,(H,28,30)(H,31,32)/t15-,21-/m0/s1. The average molecular weight is 479 g/mol. The summed E-state index contributed by atoms with van der Waals surface area (Å²) in [6.45, 7) is 6.78. The number of benzene rings is 2. The molecule has 9 heteroatoms. The largest absolute Gasteiger partial charge is 0.508 e. The summed E-state index contributed by atoms with van der Waals surface area (Å²) in [5, 5.41) is 23.4. The molecule has 0 aliphatic carbocycles. The number of aliphatic carboxylic acids is 1. The summed E-state index contributed by atoms with van der Waals surface area (Å²) >= 11 is 0. The SMILES string of the molecule is Cc1c(C)c2ccc(O[C@@H](C)C(=O)N[C@@H](Cc3c[nH]c4ccc(O)cc34)C(=O)O)c(C)c2oc1=O. The van der Waals surface area contributed by atoms with Crippen molar-refractivity contribution in [2.45, 2.75) is 46.3 Å². The van der Waals surface area contributed by atoms with E-state index in [1.807, 2.05) is 6.92 Å². The number of aryl methyl sites for hydroxylation is 2. The van der Waals surface area contributed by atoms with Crippen LogP contribution < -0.4 is 15.7 Å². The normalized spacial score (nSPS) is 13.0. The van der Waals surface area contributed by atoms with E-state index in [0.717, 1.165) is 16.5 Å². The molecule has 0 radical (unpaired) electrons. The van der Waals surface area contributed by atoms with Crippen LogP contribution in [0.25, 0.3) is 21.9 Å². The molecule has 182 valence electrons. The molecule has 4 N–H and O–H groups in total. The molecule has 2 aromatic heterocycles. The molecule has 0 aliphatic rings. The molecule has 2 aromatic carbocycles. The van der Waals surface area contributed by atoms with E-state index in [1.165, 1.54) is 19.1 Å². The van der Waals surface area contributed by atoms with Crippen LogP contribution in [0, 0.1) is 20.8 Å². The van der Waals surface area contributed by atoms with Gasteiger partial charge in [0.2, 0.25) is 0 Å². The van der Waals surface area contributed by atoms with Gasteiger partial charge in [-0.25, -0.2) is 9.59 Å². The molecule has 0 unspecified atom stereocenters. The summed E-state index contributed by atoms with van der Waals surface area (Å²) in [6, 6.07) is 7.00. The number of carbonyl (C=O) groups is 2. The molecule has 2 heterocycles. The summed E-state index contributed by atoms with van der Waals surface area (Å²) in [5.41, 5.74) is 3.24. The first-order valence-corrected chi connectivity index (χ1v) is 11.1. The van der Waals surface area contributed by atoms with Crippen molar-refractivity contribution in [1.82, 2.24) is 10.3 Å². The van der Waals surface area contributed by atoms with Gasteiger partial charge in [-0.3, -0.25) is 4.79 Å². The molecule has 0 saturated carbocycles. The number of carboxylic acids is 1. The fourth-order valence-electron chi connectivity index (χ4n) is 4.04. The van der Waals surface area contributed by atoms with E-state index >= 15 is 0 Å². The van der Waals surface area contributed by atoms with Gasteiger partial charge in [-0.15, -0.1) is 0 Å². The van der Waals surface area contributed by atoms with Gasteiger partial charge >= 0.3 is 11.6 Å². The van der Waals surface area contributed by atoms with Crippen LogP contribution in [0.1, 0.15) is 29.2 Å². The highest BCUT2D eigenvalue weighted by Gasteiger charge is 2.26. The number of hydrogen-bond donors (Lipinski definition) is 4. The second-order valence-electron chi connectivity index (χ2n) is 8.61. The molecule has 1 amide bonds. The molecule has 0 aliphatic heterocycles. The fourth-order valence-corrected chi connectivity index (χ4v) is 4.04. The Labute approximate surface area is 200 Å². The van der Waals surface area contributed by atoms with Crippen LogP contribution in [-0.2, 0) is 16.0 Å². The number of aromatic hydroxyl groups is 1. The minimum Gasteiger partial charge on any atom is -0.508 e. The van der Waals surface area contributed by atoms with Crippen LogP contribution in [0.2, 0.25) is 0 Å². The van der Waals surface area contributed by atoms with Crippen LogP contribution in [0.5, 0.6) is 11.5 Å². The van der Waals surface area contributed by atoms with Gasteiger partial charge in [-0.2, -0.15) is 0 Å². The predicted molar refractivity (Wildman–Crippen MR) is 130 cm³/mol. The zero-order chi connectivity index (χ0) is 25.4. The number of phenols is 1. The van der Waals surface area contributed by atoms with Crippen LogP contribution in [0.15, 0.2) is 45.7 Å². The number of rotatable bonds is 7. The quantitative estimate of drug-likeness (QED) is 0.298. The Bertz CT molecular complexity index is 1520. The minimum absolute atomic E-state index is 0.00995. The molecule has 2 atom stereocenters. The maximum Gasteiger partial charge on any atom is 0.339 e. The second kappa shape index (κ2) is 9.17. The lowest BCUT2D eigenvalue weighted by Crippen LogP contribution is -2.47. The van der Waals surface area contributed by atoms with Gasteiger partial charge in [0, 0.05) is 40.0 Å². The fraction of sp³-hybridized carbons (Fsp3) is 0.269. The maximum atomic E-state index is 12.8. The van der Waals surface area contributed by atoms with E-state index in [0.29, 0.717) is 33.4 Å². The van der Waals surface area contributed by atoms with Crippen molar-refractivity contribution in [1.29, 1.82) is 0 Å². The van der Waals surface area contributed by atoms with Gasteiger partial charge in [0.15, 0.2) is 6.10 Å². The van der Waals surface area contributed by atoms with E-state index in [2.05, 4.69) is 10.3 Å². The van der Waals surface area contributed by atoms with Gasteiger partial charge in [-0.1, -0.05) is 0 Å². The topological polar surface area (TPSA) is 142 Å². The van der Waals surface area contributed by atoms with Crippen LogP contribution in [0.4, 0.5) is 0 Å². The summed E-state index contributed by atoms with van der Waals surface area (Å²) in [4.78, 5) is 39.8. The first-order chi connectivity index (χ1) is 16.6. The molecular weight excluding hydrogens is 452 g/mol. The van der Waals surface area contributed by atoms with Crippen LogP contribution in [0.3, 0.4) is 0 Å². The highest BCUT2D eigenvalue weighted by molar-refractivity contribution is 5.89. The van der Waals surface area contributed by atoms with Crippen molar-refractivity contribution in [2.24, 2.45) is 0 Å². The highest BCUT2D eigenvalue weighted by atomic mass is 16.5. The van der Waals surface area contributed by atoms with E-state index < -0.39 is 29.6 Å². The Morgan fingerprint density at radius 1 is 1.09 bits per heavy atom. The van der Waals surface area contributed by atoms with E-state index in [-0.39, 0.29) is 12.2 Å². The third-order valence-corrected chi connectivity index (χ3v) is 6.29. The number of phenolic OH excluding ortho intramolecular Hbond substituents is 1. The van der Waals surface area contributed by atoms with Gasteiger partial charge in [0.25, 0.3) is 5.91 Å². The summed E-state index contributed by atoms with van der Waals surface area (Å²) in [6.07, 6.45) is 0.649. The summed E-state index contributed by atoms with van der Waals surface area (Å²) in [5.74, 6) is -1.40. The van der Waals surface area contributed by atoms with Crippen LogP contribution >= 0.6 is 0 Å². The number of aromatic nitrogens is 1. The zero-order valence-corrected chi connectivity index (χ0v) is 19.8. The number of ether oxygens (including phenoxy) is 1. The number of hydrogen-bond acceptors (Lipinski definition) is 6. The first kappa shape index (κ1) is 23.9. The zero-order valence-electron chi connectivity index (χ0n) is 19.8. The molecule has 4 aromatic rings.